The van der Waals surface area contributed by atoms with Crippen LogP contribution in [0.15, 0.2) is 60.8 Å². The monoisotopic (exact) mass is 670 g/mol. The van der Waals surface area contributed by atoms with Gasteiger partial charge in [-0.15, -0.1) is 5.10 Å². The van der Waals surface area contributed by atoms with Crippen molar-refractivity contribution in [3.63, 3.8) is 0 Å². The van der Waals surface area contributed by atoms with Crippen LogP contribution in [0.1, 0.15) is 45.5 Å². The number of esters is 1. The summed E-state index contributed by atoms with van der Waals surface area (Å²) in [6, 6.07) is 15.2. The van der Waals surface area contributed by atoms with Gasteiger partial charge in [0.1, 0.15) is 17.1 Å². The van der Waals surface area contributed by atoms with Gasteiger partial charge in [0.25, 0.3) is 5.91 Å². The van der Waals surface area contributed by atoms with Crippen molar-refractivity contribution in [1.82, 2.24) is 24.9 Å². The molecule has 5 aromatic rings. The van der Waals surface area contributed by atoms with Gasteiger partial charge in [0.05, 0.1) is 36.4 Å². The molecule has 2 aromatic heterocycles. The van der Waals surface area contributed by atoms with Crippen LogP contribution in [-0.2, 0) is 23.1 Å². The van der Waals surface area contributed by atoms with E-state index >= 15 is 4.39 Å². The van der Waals surface area contributed by atoms with Crippen LogP contribution >= 0.6 is 11.6 Å². The van der Waals surface area contributed by atoms with Crippen molar-refractivity contribution >= 4 is 40.3 Å². The summed E-state index contributed by atoms with van der Waals surface area (Å²) in [5.41, 5.74) is 5.08. The molecule has 2 aliphatic rings. The van der Waals surface area contributed by atoms with Gasteiger partial charge in [0, 0.05) is 53.8 Å². The largest absolute Gasteiger partial charge is 0.472 e. The number of hydrogen-bond acceptors (Lipinski definition) is 9. The van der Waals surface area contributed by atoms with Gasteiger partial charge in [-0.3, -0.25) is 4.79 Å². The summed E-state index contributed by atoms with van der Waals surface area (Å²) in [6.07, 6.45) is 4.47. The van der Waals surface area contributed by atoms with Crippen LogP contribution < -0.4 is 10.1 Å². The van der Waals surface area contributed by atoms with E-state index in [0.29, 0.717) is 52.5 Å². The molecule has 3 aromatic carbocycles. The van der Waals surface area contributed by atoms with Crippen molar-refractivity contribution in [1.29, 1.82) is 0 Å². The lowest BCUT2D eigenvalue weighted by Crippen LogP contribution is -2.37. The number of para-hydroxylation sites is 1. The molecule has 11 nitrogen and oxygen atoms in total. The molecule has 4 heterocycles. The van der Waals surface area contributed by atoms with E-state index in [-0.39, 0.29) is 41.4 Å². The van der Waals surface area contributed by atoms with Crippen LogP contribution in [-0.4, -0.2) is 69.9 Å². The first-order valence-corrected chi connectivity index (χ1v) is 15.9. The van der Waals surface area contributed by atoms with E-state index in [1.807, 2.05) is 18.2 Å². The highest BCUT2D eigenvalue weighted by atomic mass is 35.5. The maximum atomic E-state index is 15.7. The molecular weight excluding hydrogens is 639 g/mol. The number of methoxy groups -OCH3 is 1. The molecule has 13 heteroatoms. The van der Waals surface area contributed by atoms with Crippen LogP contribution in [0.3, 0.4) is 0 Å². The fraction of sp³-hybridized carbons (Fsp3) is 0.286. The van der Waals surface area contributed by atoms with E-state index in [1.54, 1.807) is 43.6 Å². The Morgan fingerprint density at radius 1 is 1.04 bits per heavy atom. The molecule has 0 saturated carbocycles. The van der Waals surface area contributed by atoms with Crippen LogP contribution in [0.4, 0.5) is 10.1 Å². The number of carbonyl (C=O) groups excluding carboxylic acids is 2. The lowest BCUT2D eigenvalue weighted by atomic mass is 9.97. The normalized spacial score (nSPS) is 16.2. The van der Waals surface area contributed by atoms with Gasteiger partial charge in [-0.1, -0.05) is 35.9 Å². The van der Waals surface area contributed by atoms with E-state index in [9.17, 15) is 9.59 Å². The second-order valence-electron chi connectivity index (χ2n) is 11.8. The zero-order valence-electron chi connectivity index (χ0n) is 26.3. The molecule has 1 fully saturated rings. The number of aromatic nitrogens is 4. The lowest BCUT2D eigenvalue weighted by molar-refractivity contribution is 0.0515. The van der Waals surface area contributed by atoms with Crippen molar-refractivity contribution in [2.24, 2.45) is 7.05 Å². The first-order chi connectivity index (χ1) is 23.3. The van der Waals surface area contributed by atoms with E-state index in [1.165, 1.54) is 22.9 Å². The number of fused-ring (bicyclic) bond motifs is 2. The summed E-state index contributed by atoms with van der Waals surface area (Å²) in [7, 11) is 2.99. The average molecular weight is 671 g/mol. The summed E-state index contributed by atoms with van der Waals surface area (Å²) in [6.45, 7) is 1.31. The third-order valence-corrected chi connectivity index (χ3v) is 8.87. The lowest BCUT2D eigenvalue weighted by Gasteiger charge is -2.31. The minimum atomic E-state index is -0.645. The Morgan fingerprint density at radius 2 is 1.92 bits per heavy atom. The Bertz CT molecular complexity index is 2040. The highest BCUT2D eigenvalue weighted by molar-refractivity contribution is 6.34. The van der Waals surface area contributed by atoms with E-state index in [0.717, 1.165) is 30.4 Å². The van der Waals surface area contributed by atoms with Crippen LogP contribution in [0, 0.1) is 5.82 Å². The molecular formula is C35H32ClFN6O5. The van der Waals surface area contributed by atoms with Gasteiger partial charge in [0.15, 0.2) is 6.73 Å². The molecule has 0 radical (unpaired) electrons. The number of nitrogens with one attached hydrogen (secondary N) is 1. The Kier molecular flexibility index (Phi) is 8.67. The van der Waals surface area contributed by atoms with Gasteiger partial charge < -0.3 is 24.4 Å². The van der Waals surface area contributed by atoms with Gasteiger partial charge in [-0.25, -0.2) is 14.2 Å². The number of nitrogens with zero attached hydrogens (tertiary/aromatic N) is 5. The van der Waals surface area contributed by atoms with Crippen molar-refractivity contribution in [2.75, 3.05) is 32.4 Å². The molecule has 0 aliphatic carbocycles. The van der Waals surface area contributed by atoms with Crippen LogP contribution in [0.25, 0.3) is 33.4 Å². The zero-order chi connectivity index (χ0) is 33.4. The first-order valence-electron chi connectivity index (χ1n) is 15.6. The van der Waals surface area contributed by atoms with Crippen molar-refractivity contribution in [3.8, 4) is 28.0 Å². The second kappa shape index (κ2) is 13.2. The summed E-state index contributed by atoms with van der Waals surface area (Å²) < 4.78 is 32.5. The summed E-state index contributed by atoms with van der Waals surface area (Å²) in [4.78, 5) is 33.6. The molecule has 1 N–H and O–H groups in total. The third kappa shape index (κ3) is 6.16. The molecule has 1 unspecified atom stereocenters. The predicted octanol–water partition coefficient (Wildman–Crippen LogP) is 6.25. The summed E-state index contributed by atoms with van der Waals surface area (Å²) in [5.74, 6) is -1.10. The van der Waals surface area contributed by atoms with Gasteiger partial charge in [-0.05, 0) is 55.2 Å². The van der Waals surface area contributed by atoms with Crippen LogP contribution in [0.5, 0.6) is 5.75 Å². The molecule has 1 atom stereocenters. The first kappa shape index (κ1) is 31.5. The number of halogens is 2. The maximum absolute atomic E-state index is 15.7. The molecule has 1 saturated heterocycles. The molecule has 0 spiro atoms. The standard InChI is InChI=1S/C35H32ClFN6O5/c1-42-40-31-13-22(16-38-33(31)41-42)20-9-10-25(28(36)12-20)34(44)43-17-21-6-5-8-24(32(21)48-19-43)26-15-30(27(14-29(26)37)35(45)46-2)39-23-7-3-4-11-47-18-23/h5-6,8-10,12-16,23,39H,3-4,7,11,17-19H2,1-2H3. The molecule has 246 valence electrons. The van der Waals surface area contributed by atoms with Crippen molar-refractivity contribution in [2.45, 2.75) is 31.8 Å². The van der Waals surface area contributed by atoms with Crippen LogP contribution in [0.2, 0.25) is 5.02 Å². The number of carbonyl (C=O) groups is 2. The number of hydrogen-bond donors (Lipinski definition) is 1. The minimum Gasteiger partial charge on any atom is -0.472 e. The SMILES string of the molecule is COC(=O)c1cc(F)c(-c2cccc3c2OCN(C(=O)c2ccc(-c4cnc5nn(C)nc5c4)cc2Cl)C3)cc1NC1CCCCOC1. The van der Waals surface area contributed by atoms with Gasteiger partial charge >= 0.3 is 5.97 Å². The number of anilines is 1. The molecule has 7 rings (SSSR count). The maximum Gasteiger partial charge on any atom is 0.340 e. The Hall–Kier alpha value is -5.07. The number of rotatable bonds is 6. The smallest absolute Gasteiger partial charge is 0.340 e. The minimum absolute atomic E-state index is 0.0471. The molecule has 0 bridgehead atoms. The zero-order valence-corrected chi connectivity index (χ0v) is 27.1. The Morgan fingerprint density at radius 3 is 2.75 bits per heavy atom. The summed E-state index contributed by atoms with van der Waals surface area (Å²) in [5, 5.41) is 12.2. The second-order valence-corrected chi connectivity index (χ2v) is 12.2. The fourth-order valence-corrected chi connectivity index (χ4v) is 6.40. The van der Waals surface area contributed by atoms with Gasteiger partial charge in [-0.2, -0.15) is 9.90 Å². The number of amides is 1. The fourth-order valence-electron chi connectivity index (χ4n) is 6.14. The van der Waals surface area contributed by atoms with Crippen molar-refractivity contribution < 1.29 is 28.2 Å². The van der Waals surface area contributed by atoms with Crippen molar-refractivity contribution in [3.05, 3.63) is 88.3 Å². The average Bonchev–Trinajstić information content (AvgIpc) is 3.28. The third-order valence-electron chi connectivity index (χ3n) is 8.55. The molecule has 2 aliphatic heterocycles. The number of pyridine rings is 1. The summed E-state index contributed by atoms with van der Waals surface area (Å²) >= 11 is 6.65. The van der Waals surface area contributed by atoms with E-state index in [2.05, 4.69) is 20.5 Å². The number of aryl methyl sites for hydroxylation is 1. The predicted molar refractivity (Wildman–Crippen MR) is 177 cm³/mol. The highest BCUT2D eigenvalue weighted by Gasteiger charge is 2.28. The Labute approximate surface area is 280 Å². The quantitative estimate of drug-likeness (QED) is 0.209. The number of benzene rings is 3. The van der Waals surface area contributed by atoms with Gasteiger partial charge in [0.2, 0.25) is 5.65 Å². The molecule has 48 heavy (non-hydrogen) atoms. The Balaban J connectivity index is 1.14. The van der Waals surface area contributed by atoms with E-state index in [4.69, 9.17) is 25.8 Å². The highest BCUT2D eigenvalue weighted by Crippen LogP contribution is 2.40. The van der Waals surface area contributed by atoms with E-state index < -0.39 is 11.8 Å². The molecule has 1 amide bonds. The number of ether oxygens (including phenoxy) is 3. The topological polar surface area (TPSA) is 121 Å².